The summed E-state index contributed by atoms with van der Waals surface area (Å²) in [6.07, 6.45) is 3.42. The maximum atomic E-state index is 12.8. The molecule has 2 N–H and O–H groups in total. The molecule has 2 amide bonds. The van der Waals surface area contributed by atoms with E-state index in [1.807, 2.05) is 6.07 Å². The predicted octanol–water partition coefficient (Wildman–Crippen LogP) is 1.77. The van der Waals surface area contributed by atoms with Crippen LogP contribution in [0.5, 0.6) is 0 Å². The molecule has 1 fully saturated rings. The number of hydrogen-bond donors (Lipinski definition) is 2. The van der Waals surface area contributed by atoms with Crippen molar-refractivity contribution in [2.45, 2.75) is 19.3 Å². The number of halogens is 1. The van der Waals surface area contributed by atoms with Gasteiger partial charge >= 0.3 is 0 Å². The summed E-state index contributed by atoms with van der Waals surface area (Å²) < 4.78 is 12.8. The Morgan fingerprint density at radius 1 is 1.38 bits per heavy atom. The van der Waals surface area contributed by atoms with Gasteiger partial charge in [-0.15, -0.1) is 0 Å². The van der Waals surface area contributed by atoms with Crippen molar-refractivity contribution in [3.8, 4) is 6.07 Å². The van der Waals surface area contributed by atoms with Crippen LogP contribution in [0.15, 0.2) is 36.0 Å². The highest BCUT2D eigenvalue weighted by Crippen LogP contribution is 2.10. The van der Waals surface area contributed by atoms with Crippen molar-refractivity contribution in [1.29, 1.82) is 5.26 Å². The van der Waals surface area contributed by atoms with Gasteiger partial charge in [0.15, 0.2) is 0 Å². The van der Waals surface area contributed by atoms with Crippen molar-refractivity contribution in [1.82, 2.24) is 10.2 Å². The van der Waals surface area contributed by atoms with Crippen LogP contribution in [-0.2, 0) is 9.59 Å². The zero-order chi connectivity index (χ0) is 17.4. The molecule has 1 saturated heterocycles. The average molecular weight is 330 g/mol. The Morgan fingerprint density at radius 2 is 2.12 bits per heavy atom. The van der Waals surface area contributed by atoms with E-state index in [0.717, 1.165) is 13.0 Å². The summed E-state index contributed by atoms with van der Waals surface area (Å²) in [6, 6.07) is 7.39. The Hall–Kier alpha value is -2.88. The molecule has 1 aliphatic heterocycles. The van der Waals surface area contributed by atoms with E-state index >= 15 is 0 Å². The summed E-state index contributed by atoms with van der Waals surface area (Å²) in [5, 5.41) is 14.5. The number of nitriles is 1. The molecule has 7 heteroatoms. The van der Waals surface area contributed by atoms with Crippen LogP contribution in [0.2, 0.25) is 0 Å². The molecule has 1 aromatic carbocycles. The Bertz CT molecular complexity index is 664. The molecule has 0 saturated carbocycles. The van der Waals surface area contributed by atoms with E-state index in [-0.39, 0.29) is 17.3 Å². The molecule has 1 heterocycles. The number of nitrogens with zero attached hydrogens (tertiary/aromatic N) is 2. The fourth-order valence-corrected chi connectivity index (χ4v) is 2.36. The molecule has 0 bridgehead atoms. The van der Waals surface area contributed by atoms with E-state index in [4.69, 9.17) is 5.26 Å². The topological polar surface area (TPSA) is 85.2 Å². The predicted molar refractivity (Wildman–Crippen MR) is 87.2 cm³/mol. The fraction of sp³-hybridized carbons (Fsp3) is 0.353. The highest BCUT2D eigenvalue weighted by atomic mass is 19.1. The Balaban J connectivity index is 1.76. The van der Waals surface area contributed by atoms with E-state index in [9.17, 15) is 14.0 Å². The summed E-state index contributed by atoms with van der Waals surface area (Å²) >= 11 is 0. The third-order valence-corrected chi connectivity index (χ3v) is 3.65. The first kappa shape index (κ1) is 17.5. The van der Waals surface area contributed by atoms with Crippen LogP contribution in [0.3, 0.4) is 0 Å². The van der Waals surface area contributed by atoms with Crippen molar-refractivity contribution in [2.24, 2.45) is 0 Å². The van der Waals surface area contributed by atoms with Gasteiger partial charge in [0, 0.05) is 37.9 Å². The number of anilines is 1. The van der Waals surface area contributed by atoms with Gasteiger partial charge in [-0.1, -0.05) is 0 Å². The first-order valence-corrected chi connectivity index (χ1v) is 7.78. The molecule has 1 aliphatic rings. The number of carbonyl (C=O) groups is 2. The number of rotatable bonds is 7. The molecule has 6 nitrogen and oxygen atoms in total. The van der Waals surface area contributed by atoms with Gasteiger partial charge in [0.05, 0.1) is 0 Å². The minimum Gasteiger partial charge on any atom is -0.360 e. The zero-order valence-electron chi connectivity index (χ0n) is 13.2. The summed E-state index contributed by atoms with van der Waals surface area (Å²) in [7, 11) is 0. The molecule has 0 aliphatic carbocycles. The molecule has 24 heavy (non-hydrogen) atoms. The maximum absolute atomic E-state index is 12.8. The van der Waals surface area contributed by atoms with Crippen molar-refractivity contribution in [3.05, 3.63) is 41.9 Å². The number of likely N-dealkylation sites (tertiary alicyclic amines) is 1. The van der Waals surface area contributed by atoms with Gasteiger partial charge < -0.3 is 15.5 Å². The zero-order valence-corrected chi connectivity index (χ0v) is 13.2. The van der Waals surface area contributed by atoms with Crippen LogP contribution < -0.4 is 10.6 Å². The molecule has 0 aromatic heterocycles. The maximum Gasteiger partial charge on any atom is 0.263 e. The van der Waals surface area contributed by atoms with E-state index in [1.54, 1.807) is 4.90 Å². The lowest BCUT2D eigenvalue weighted by Gasteiger charge is -2.15. The fourth-order valence-electron chi connectivity index (χ4n) is 2.36. The largest absolute Gasteiger partial charge is 0.360 e. The van der Waals surface area contributed by atoms with Crippen LogP contribution in [0.1, 0.15) is 19.3 Å². The normalized spacial score (nSPS) is 14.4. The van der Waals surface area contributed by atoms with Gasteiger partial charge in [0.1, 0.15) is 17.5 Å². The minimum atomic E-state index is -0.486. The first-order valence-electron chi connectivity index (χ1n) is 7.78. The number of nitrogens with one attached hydrogen (secondary N) is 2. The molecule has 0 unspecified atom stereocenters. The second-order valence-corrected chi connectivity index (χ2v) is 5.41. The number of amides is 2. The van der Waals surface area contributed by atoms with E-state index in [0.29, 0.717) is 31.6 Å². The third kappa shape index (κ3) is 5.09. The molecule has 0 radical (unpaired) electrons. The smallest absolute Gasteiger partial charge is 0.263 e. The van der Waals surface area contributed by atoms with Crippen LogP contribution in [-0.4, -0.2) is 36.3 Å². The Kier molecular flexibility index (Phi) is 6.32. The van der Waals surface area contributed by atoms with Gasteiger partial charge in [0.2, 0.25) is 5.91 Å². The molecule has 126 valence electrons. The van der Waals surface area contributed by atoms with E-state index in [2.05, 4.69) is 10.6 Å². The van der Waals surface area contributed by atoms with Gasteiger partial charge in [-0.2, -0.15) is 5.26 Å². The third-order valence-electron chi connectivity index (χ3n) is 3.65. The monoisotopic (exact) mass is 330 g/mol. The van der Waals surface area contributed by atoms with Crippen molar-refractivity contribution >= 4 is 17.5 Å². The number of hydrogen-bond acceptors (Lipinski definition) is 4. The summed E-state index contributed by atoms with van der Waals surface area (Å²) in [6.45, 7) is 1.77. The van der Waals surface area contributed by atoms with E-state index in [1.165, 1.54) is 30.5 Å². The van der Waals surface area contributed by atoms with E-state index < -0.39 is 5.91 Å². The summed E-state index contributed by atoms with van der Waals surface area (Å²) in [5.41, 5.74) is 0.501. The molecule has 0 spiro atoms. The Morgan fingerprint density at radius 3 is 2.75 bits per heavy atom. The molecule has 0 atom stereocenters. The SMILES string of the molecule is N#C/C(=C/Nc1ccc(F)cc1)C(=O)NCCCN1CCCC1=O. The van der Waals surface area contributed by atoms with Gasteiger partial charge in [-0.25, -0.2) is 4.39 Å². The first-order chi connectivity index (χ1) is 11.6. The molecule has 1 aromatic rings. The second kappa shape index (κ2) is 8.67. The minimum absolute atomic E-state index is 0.0726. The van der Waals surface area contributed by atoms with Crippen LogP contribution >= 0.6 is 0 Å². The van der Waals surface area contributed by atoms with Crippen molar-refractivity contribution in [3.63, 3.8) is 0 Å². The van der Waals surface area contributed by atoms with Crippen molar-refractivity contribution < 1.29 is 14.0 Å². The Labute approximate surface area is 139 Å². The van der Waals surface area contributed by atoms with Crippen LogP contribution in [0, 0.1) is 17.1 Å². The molecular formula is C17H19FN4O2. The van der Waals surface area contributed by atoms with Crippen molar-refractivity contribution in [2.75, 3.05) is 25.0 Å². The lowest BCUT2D eigenvalue weighted by atomic mass is 10.2. The second-order valence-electron chi connectivity index (χ2n) is 5.41. The van der Waals surface area contributed by atoms with Crippen LogP contribution in [0.25, 0.3) is 0 Å². The molecular weight excluding hydrogens is 311 g/mol. The van der Waals surface area contributed by atoms with Gasteiger partial charge in [0.25, 0.3) is 5.91 Å². The average Bonchev–Trinajstić information content (AvgIpc) is 2.99. The lowest BCUT2D eigenvalue weighted by molar-refractivity contribution is -0.127. The number of benzene rings is 1. The van der Waals surface area contributed by atoms with Gasteiger partial charge in [-0.05, 0) is 37.1 Å². The standard InChI is InChI=1S/C17H19FN4O2/c18-14-4-6-15(7-5-14)21-12-13(11-19)17(24)20-8-2-10-22-9-1-3-16(22)23/h4-7,12,21H,1-3,8-10H2,(H,20,24)/b13-12-. The molecule has 2 rings (SSSR count). The quantitative estimate of drug-likeness (QED) is 0.453. The summed E-state index contributed by atoms with van der Waals surface area (Å²) in [4.78, 5) is 25.2. The summed E-state index contributed by atoms with van der Waals surface area (Å²) in [5.74, 6) is -0.693. The number of carbonyl (C=O) groups excluding carboxylic acids is 2. The lowest BCUT2D eigenvalue weighted by Crippen LogP contribution is -2.31. The van der Waals surface area contributed by atoms with Gasteiger partial charge in [-0.3, -0.25) is 9.59 Å². The highest BCUT2D eigenvalue weighted by Gasteiger charge is 2.19. The highest BCUT2D eigenvalue weighted by molar-refractivity contribution is 5.97. The van der Waals surface area contributed by atoms with Crippen LogP contribution in [0.4, 0.5) is 10.1 Å².